The summed E-state index contributed by atoms with van der Waals surface area (Å²) in [4.78, 5) is 27.5. The molecular weight excluding hydrogens is 412 g/mol. The lowest BCUT2D eigenvalue weighted by molar-refractivity contribution is -0.110. The van der Waals surface area contributed by atoms with E-state index < -0.39 is 0 Å². The molecule has 1 aromatic heterocycles. The molecule has 6 heteroatoms. The topological polar surface area (TPSA) is 66.4 Å². The number of carbonyl (C=O) groups is 2. The maximum atomic E-state index is 13.2. The molecule has 5 rings (SSSR count). The Morgan fingerprint density at radius 2 is 1.67 bits per heavy atom. The fraction of sp³-hybridized carbons (Fsp3) is 0.259. The van der Waals surface area contributed by atoms with Crippen LogP contribution in [0.1, 0.15) is 41.3 Å². The van der Waals surface area contributed by atoms with Crippen molar-refractivity contribution in [2.24, 2.45) is 0 Å². The number of fused-ring (bicyclic) bond motifs is 1. The van der Waals surface area contributed by atoms with E-state index in [9.17, 15) is 9.59 Å². The van der Waals surface area contributed by atoms with E-state index in [1.807, 2.05) is 36.7 Å². The van der Waals surface area contributed by atoms with Crippen molar-refractivity contribution in [1.29, 1.82) is 0 Å². The number of nitrogens with one attached hydrogen (secondary N) is 2. The molecule has 6 nitrogen and oxygen atoms in total. The first-order chi connectivity index (χ1) is 16.0. The molecule has 3 heterocycles. The molecule has 33 heavy (non-hydrogen) atoms. The molecule has 0 spiro atoms. The number of nitrogens with zero attached hydrogens (tertiary/aromatic N) is 2. The predicted octanol–water partition coefficient (Wildman–Crippen LogP) is 4.18. The van der Waals surface area contributed by atoms with Gasteiger partial charge >= 0.3 is 0 Å². The number of likely N-dealkylation sites (tertiary alicyclic amines) is 1. The Morgan fingerprint density at radius 1 is 1.00 bits per heavy atom. The summed E-state index contributed by atoms with van der Waals surface area (Å²) in [6.07, 6.45) is 6.04. The van der Waals surface area contributed by atoms with Crippen molar-refractivity contribution in [3.63, 3.8) is 0 Å². The highest BCUT2D eigenvalue weighted by molar-refractivity contribution is 6.36. The van der Waals surface area contributed by atoms with E-state index in [0.29, 0.717) is 11.1 Å². The van der Waals surface area contributed by atoms with E-state index in [-0.39, 0.29) is 17.7 Å². The molecule has 2 aromatic carbocycles. The lowest BCUT2D eigenvalue weighted by Crippen LogP contribution is -2.40. The van der Waals surface area contributed by atoms with Crippen LogP contribution in [0, 0.1) is 0 Å². The van der Waals surface area contributed by atoms with Crippen LogP contribution < -0.4 is 10.6 Å². The van der Waals surface area contributed by atoms with Gasteiger partial charge in [0.25, 0.3) is 5.91 Å². The number of aromatic nitrogens is 1. The van der Waals surface area contributed by atoms with Crippen molar-refractivity contribution >= 4 is 28.6 Å². The predicted molar refractivity (Wildman–Crippen MR) is 131 cm³/mol. The fourth-order valence-corrected chi connectivity index (χ4v) is 4.60. The SMILES string of the molecule is CC(=O)c1ccc2c(c1)/C(=C(/NC1CCN(C)CC1)c1ccc(-n3cccc3)cc1)C(=O)N2. The molecule has 1 fully saturated rings. The average Bonchev–Trinajstić information content (AvgIpc) is 3.46. The average molecular weight is 441 g/mol. The second kappa shape index (κ2) is 8.71. The Hall–Kier alpha value is -3.64. The van der Waals surface area contributed by atoms with Gasteiger partial charge in [-0.3, -0.25) is 9.59 Å². The Morgan fingerprint density at radius 3 is 2.33 bits per heavy atom. The van der Waals surface area contributed by atoms with Crippen LogP contribution >= 0.6 is 0 Å². The van der Waals surface area contributed by atoms with Gasteiger partial charge in [0.15, 0.2) is 5.78 Å². The normalized spacial score (nSPS) is 18.1. The first-order valence-electron chi connectivity index (χ1n) is 11.4. The maximum absolute atomic E-state index is 13.2. The summed E-state index contributed by atoms with van der Waals surface area (Å²) in [5.74, 6) is -0.159. The van der Waals surface area contributed by atoms with Gasteiger partial charge in [0, 0.05) is 40.9 Å². The molecule has 2 N–H and O–H groups in total. The van der Waals surface area contributed by atoms with E-state index in [1.54, 1.807) is 13.0 Å². The molecule has 0 radical (unpaired) electrons. The van der Waals surface area contributed by atoms with E-state index in [2.05, 4.69) is 51.4 Å². The number of amides is 1. The first kappa shape index (κ1) is 21.2. The van der Waals surface area contributed by atoms with Crippen LogP contribution in [0.15, 0.2) is 67.0 Å². The number of hydrogen-bond acceptors (Lipinski definition) is 4. The highest BCUT2D eigenvalue weighted by atomic mass is 16.2. The van der Waals surface area contributed by atoms with Gasteiger partial charge in [0.2, 0.25) is 0 Å². The van der Waals surface area contributed by atoms with Crippen molar-refractivity contribution in [3.8, 4) is 5.69 Å². The minimum Gasteiger partial charge on any atom is -0.381 e. The van der Waals surface area contributed by atoms with Gasteiger partial charge in [-0.1, -0.05) is 12.1 Å². The Balaban J connectivity index is 1.60. The highest BCUT2D eigenvalue weighted by Crippen LogP contribution is 2.37. The quantitative estimate of drug-likeness (QED) is 0.461. The molecule has 3 aromatic rings. The van der Waals surface area contributed by atoms with Crippen LogP contribution in [0.4, 0.5) is 5.69 Å². The van der Waals surface area contributed by atoms with Gasteiger partial charge in [0.05, 0.1) is 11.3 Å². The third-order valence-electron chi connectivity index (χ3n) is 6.55. The van der Waals surface area contributed by atoms with Crippen LogP contribution in [0.3, 0.4) is 0 Å². The maximum Gasteiger partial charge on any atom is 0.258 e. The van der Waals surface area contributed by atoms with Gasteiger partial charge in [-0.2, -0.15) is 0 Å². The molecule has 0 saturated carbocycles. The number of Topliss-reactive ketones (excluding diaryl/α,β-unsaturated/α-hetero) is 1. The van der Waals surface area contributed by atoms with Gasteiger partial charge in [-0.15, -0.1) is 0 Å². The van der Waals surface area contributed by atoms with Crippen LogP contribution in [0.5, 0.6) is 0 Å². The van der Waals surface area contributed by atoms with Gasteiger partial charge in [-0.25, -0.2) is 0 Å². The van der Waals surface area contributed by atoms with Crippen molar-refractivity contribution in [1.82, 2.24) is 14.8 Å². The molecular formula is C27H28N4O2. The zero-order chi connectivity index (χ0) is 22.9. The van der Waals surface area contributed by atoms with Crippen molar-refractivity contribution < 1.29 is 9.59 Å². The fourth-order valence-electron chi connectivity index (χ4n) is 4.60. The molecule has 1 saturated heterocycles. The lowest BCUT2D eigenvalue weighted by atomic mass is 9.96. The van der Waals surface area contributed by atoms with E-state index in [0.717, 1.165) is 54.1 Å². The van der Waals surface area contributed by atoms with Crippen LogP contribution in [-0.2, 0) is 4.79 Å². The summed E-state index contributed by atoms with van der Waals surface area (Å²) in [7, 11) is 2.14. The number of piperidine rings is 1. The number of rotatable bonds is 5. The molecule has 1 amide bonds. The van der Waals surface area contributed by atoms with Crippen molar-refractivity contribution in [2.75, 3.05) is 25.5 Å². The third-order valence-corrected chi connectivity index (χ3v) is 6.55. The highest BCUT2D eigenvalue weighted by Gasteiger charge is 2.30. The number of hydrogen-bond donors (Lipinski definition) is 2. The summed E-state index contributed by atoms with van der Waals surface area (Å²) in [5, 5.41) is 6.69. The summed E-state index contributed by atoms with van der Waals surface area (Å²) in [6.45, 7) is 3.58. The molecule has 0 aliphatic carbocycles. The van der Waals surface area contributed by atoms with Crippen LogP contribution in [0.25, 0.3) is 17.0 Å². The zero-order valence-corrected chi connectivity index (χ0v) is 19.0. The standard InChI is InChI=1S/C27H28N4O2/c1-18(32)20-7-10-24-23(17-20)25(27(33)29-24)26(28-21-11-15-30(2)16-12-21)19-5-8-22(9-6-19)31-13-3-4-14-31/h3-10,13-14,17,21,28H,11-12,15-16H2,1-2H3,(H,29,33)/b26-25-. The second-order valence-corrected chi connectivity index (χ2v) is 8.88. The Labute approximate surface area is 193 Å². The minimum atomic E-state index is -0.143. The minimum absolute atomic E-state index is 0.0163. The Bertz CT molecular complexity index is 1220. The summed E-state index contributed by atoms with van der Waals surface area (Å²) >= 11 is 0. The largest absolute Gasteiger partial charge is 0.381 e. The van der Waals surface area contributed by atoms with Crippen LogP contribution in [0.2, 0.25) is 0 Å². The zero-order valence-electron chi connectivity index (χ0n) is 19.0. The molecule has 0 unspecified atom stereocenters. The monoisotopic (exact) mass is 440 g/mol. The summed E-state index contributed by atoms with van der Waals surface area (Å²) in [6, 6.07) is 17.9. The van der Waals surface area contributed by atoms with Gasteiger partial charge in [0.1, 0.15) is 0 Å². The molecule has 2 aliphatic rings. The number of carbonyl (C=O) groups excluding carboxylic acids is 2. The molecule has 168 valence electrons. The number of benzene rings is 2. The van der Waals surface area contributed by atoms with Gasteiger partial charge < -0.3 is 20.1 Å². The van der Waals surface area contributed by atoms with Crippen molar-refractivity contribution in [3.05, 3.63) is 83.7 Å². The molecule has 0 bridgehead atoms. The second-order valence-electron chi connectivity index (χ2n) is 8.88. The van der Waals surface area contributed by atoms with Gasteiger partial charge in [-0.05, 0) is 87.9 Å². The molecule has 0 atom stereocenters. The third kappa shape index (κ3) is 4.22. The lowest BCUT2D eigenvalue weighted by Gasteiger charge is -2.31. The summed E-state index contributed by atoms with van der Waals surface area (Å²) < 4.78 is 2.05. The first-order valence-corrected chi connectivity index (χ1v) is 11.4. The van der Waals surface area contributed by atoms with E-state index in [4.69, 9.17) is 0 Å². The number of ketones is 1. The Kier molecular flexibility index (Phi) is 5.60. The van der Waals surface area contributed by atoms with Crippen molar-refractivity contribution in [2.45, 2.75) is 25.8 Å². The van der Waals surface area contributed by atoms with E-state index >= 15 is 0 Å². The van der Waals surface area contributed by atoms with E-state index in [1.165, 1.54) is 0 Å². The smallest absolute Gasteiger partial charge is 0.258 e. The van der Waals surface area contributed by atoms with Crippen LogP contribution in [-0.4, -0.2) is 47.3 Å². The summed E-state index contributed by atoms with van der Waals surface area (Å²) in [5.41, 5.74) is 5.55. The molecule has 2 aliphatic heterocycles. The number of anilines is 1.